The largest absolute Gasteiger partial charge is 0.497 e. The SMILES string of the molecule is COc1ccc(Nc2ccc(C(=O)NCc3ccccc3Cl)nn2)cc1. The monoisotopic (exact) mass is 368 g/mol. The van der Waals surface area contributed by atoms with Gasteiger partial charge in [-0.2, -0.15) is 0 Å². The first kappa shape index (κ1) is 17.7. The molecule has 3 aromatic rings. The third-order valence-corrected chi connectivity index (χ3v) is 4.03. The van der Waals surface area contributed by atoms with E-state index in [0.29, 0.717) is 17.4 Å². The molecule has 0 aliphatic rings. The fourth-order valence-electron chi connectivity index (χ4n) is 2.25. The van der Waals surface area contributed by atoms with Gasteiger partial charge in [0.15, 0.2) is 11.5 Å². The van der Waals surface area contributed by atoms with Gasteiger partial charge < -0.3 is 15.4 Å². The molecule has 0 fully saturated rings. The maximum atomic E-state index is 12.2. The van der Waals surface area contributed by atoms with E-state index < -0.39 is 0 Å². The summed E-state index contributed by atoms with van der Waals surface area (Å²) in [7, 11) is 1.61. The normalized spacial score (nSPS) is 10.2. The number of hydrogen-bond acceptors (Lipinski definition) is 5. The fourth-order valence-corrected chi connectivity index (χ4v) is 2.45. The van der Waals surface area contributed by atoms with Gasteiger partial charge in [-0.15, -0.1) is 10.2 Å². The molecule has 0 saturated heterocycles. The van der Waals surface area contributed by atoms with Gasteiger partial charge in [0.05, 0.1) is 7.11 Å². The van der Waals surface area contributed by atoms with Gasteiger partial charge in [-0.3, -0.25) is 4.79 Å². The van der Waals surface area contributed by atoms with Crippen LogP contribution in [0.5, 0.6) is 5.75 Å². The lowest BCUT2D eigenvalue weighted by molar-refractivity contribution is 0.0945. The molecule has 0 saturated carbocycles. The Balaban J connectivity index is 1.59. The van der Waals surface area contributed by atoms with Crippen molar-refractivity contribution in [1.29, 1.82) is 0 Å². The van der Waals surface area contributed by atoms with Gasteiger partial charge in [0.2, 0.25) is 0 Å². The minimum absolute atomic E-state index is 0.234. The number of aromatic nitrogens is 2. The van der Waals surface area contributed by atoms with Crippen molar-refractivity contribution in [2.45, 2.75) is 6.54 Å². The average Bonchev–Trinajstić information content (AvgIpc) is 2.68. The Morgan fingerprint density at radius 3 is 2.46 bits per heavy atom. The molecule has 2 aromatic carbocycles. The summed E-state index contributed by atoms with van der Waals surface area (Å²) < 4.78 is 5.12. The third-order valence-electron chi connectivity index (χ3n) is 3.66. The molecule has 3 rings (SSSR count). The number of methoxy groups -OCH3 is 1. The Hall–Kier alpha value is -3.12. The average molecular weight is 369 g/mol. The molecule has 6 nitrogen and oxygen atoms in total. The van der Waals surface area contributed by atoms with E-state index >= 15 is 0 Å². The van der Waals surface area contributed by atoms with E-state index in [4.69, 9.17) is 16.3 Å². The Labute approximate surface area is 156 Å². The third kappa shape index (κ3) is 4.49. The molecule has 1 heterocycles. The number of anilines is 2. The van der Waals surface area contributed by atoms with E-state index in [-0.39, 0.29) is 11.6 Å². The number of carbonyl (C=O) groups excluding carboxylic acids is 1. The zero-order valence-corrected chi connectivity index (χ0v) is 14.8. The van der Waals surface area contributed by atoms with Crippen LogP contribution in [0, 0.1) is 0 Å². The van der Waals surface area contributed by atoms with Gasteiger partial charge in [-0.1, -0.05) is 29.8 Å². The second-order valence-corrected chi connectivity index (χ2v) is 5.84. The maximum Gasteiger partial charge on any atom is 0.272 e. The van der Waals surface area contributed by atoms with E-state index in [0.717, 1.165) is 17.0 Å². The summed E-state index contributed by atoms with van der Waals surface area (Å²) in [5, 5.41) is 14.5. The summed E-state index contributed by atoms with van der Waals surface area (Å²) in [6, 6.07) is 18.1. The van der Waals surface area contributed by atoms with E-state index in [2.05, 4.69) is 20.8 Å². The van der Waals surface area contributed by atoms with Crippen molar-refractivity contribution in [3.8, 4) is 5.75 Å². The van der Waals surface area contributed by atoms with Gasteiger partial charge in [0.25, 0.3) is 5.91 Å². The van der Waals surface area contributed by atoms with Crippen molar-refractivity contribution in [2.24, 2.45) is 0 Å². The van der Waals surface area contributed by atoms with Gasteiger partial charge in [-0.25, -0.2) is 0 Å². The lowest BCUT2D eigenvalue weighted by Crippen LogP contribution is -2.24. The smallest absolute Gasteiger partial charge is 0.272 e. The van der Waals surface area contributed by atoms with Gasteiger partial charge >= 0.3 is 0 Å². The highest BCUT2D eigenvalue weighted by atomic mass is 35.5. The van der Waals surface area contributed by atoms with Crippen molar-refractivity contribution in [2.75, 3.05) is 12.4 Å². The minimum Gasteiger partial charge on any atom is -0.497 e. The Morgan fingerprint density at radius 1 is 1.04 bits per heavy atom. The first-order valence-corrected chi connectivity index (χ1v) is 8.30. The summed E-state index contributed by atoms with van der Waals surface area (Å²) in [6.45, 7) is 0.325. The predicted molar refractivity (Wildman–Crippen MR) is 101 cm³/mol. The summed E-state index contributed by atoms with van der Waals surface area (Å²) in [6.07, 6.45) is 0. The van der Waals surface area contributed by atoms with Crippen molar-refractivity contribution in [3.63, 3.8) is 0 Å². The number of hydrogen-bond donors (Lipinski definition) is 2. The molecule has 0 aliphatic heterocycles. The summed E-state index contributed by atoms with van der Waals surface area (Å²) in [5.41, 5.74) is 1.92. The highest BCUT2D eigenvalue weighted by molar-refractivity contribution is 6.31. The zero-order valence-electron chi connectivity index (χ0n) is 14.1. The number of amides is 1. The summed E-state index contributed by atoms with van der Waals surface area (Å²) in [5.74, 6) is 0.999. The van der Waals surface area contributed by atoms with Crippen LogP contribution in [0.25, 0.3) is 0 Å². The molecule has 0 spiro atoms. The minimum atomic E-state index is -0.312. The van der Waals surface area contributed by atoms with Crippen LogP contribution in [0.4, 0.5) is 11.5 Å². The summed E-state index contributed by atoms with van der Waals surface area (Å²) in [4.78, 5) is 12.2. The molecule has 0 aliphatic carbocycles. The molecular formula is C19H17ClN4O2. The maximum absolute atomic E-state index is 12.2. The molecule has 2 N–H and O–H groups in total. The molecule has 7 heteroatoms. The number of nitrogens with one attached hydrogen (secondary N) is 2. The van der Waals surface area contributed by atoms with Crippen LogP contribution in [0.2, 0.25) is 5.02 Å². The zero-order chi connectivity index (χ0) is 18.4. The second-order valence-electron chi connectivity index (χ2n) is 5.43. The fraction of sp³-hybridized carbons (Fsp3) is 0.105. The number of benzene rings is 2. The highest BCUT2D eigenvalue weighted by Crippen LogP contribution is 2.18. The Morgan fingerprint density at radius 2 is 1.81 bits per heavy atom. The van der Waals surface area contributed by atoms with Crippen LogP contribution in [-0.4, -0.2) is 23.2 Å². The van der Waals surface area contributed by atoms with Crippen molar-refractivity contribution in [1.82, 2.24) is 15.5 Å². The standard InChI is InChI=1S/C19H17ClN4O2/c1-26-15-8-6-14(7-9-15)22-18-11-10-17(23-24-18)19(25)21-12-13-4-2-3-5-16(13)20/h2-11H,12H2,1H3,(H,21,25)(H,22,24). The van der Waals surface area contributed by atoms with Crippen LogP contribution >= 0.6 is 11.6 Å². The number of carbonyl (C=O) groups is 1. The molecule has 0 unspecified atom stereocenters. The lowest BCUT2D eigenvalue weighted by atomic mass is 10.2. The predicted octanol–water partition coefficient (Wildman–Crippen LogP) is 3.81. The van der Waals surface area contributed by atoms with E-state index in [1.807, 2.05) is 42.5 Å². The second kappa shape index (κ2) is 8.31. The Bertz CT molecular complexity index is 883. The lowest BCUT2D eigenvalue weighted by Gasteiger charge is -2.08. The molecule has 1 amide bonds. The topological polar surface area (TPSA) is 76.1 Å². The Kier molecular flexibility index (Phi) is 5.66. The quantitative estimate of drug-likeness (QED) is 0.691. The van der Waals surface area contributed by atoms with Gasteiger partial charge in [-0.05, 0) is 48.0 Å². The van der Waals surface area contributed by atoms with E-state index in [9.17, 15) is 4.79 Å². The van der Waals surface area contributed by atoms with Crippen molar-refractivity contribution < 1.29 is 9.53 Å². The van der Waals surface area contributed by atoms with Crippen LogP contribution in [-0.2, 0) is 6.54 Å². The molecule has 0 atom stereocenters. The van der Waals surface area contributed by atoms with Crippen LogP contribution < -0.4 is 15.4 Å². The first-order chi connectivity index (χ1) is 12.7. The van der Waals surface area contributed by atoms with Crippen LogP contribution in [0.1, 0.15) is 16.1 Å². The van der Waals surface area contributed by atoms with Gasteiger partial charge in [0.1, 0.15) is 5.75 Å². The number of nitrogens with zero attached hydrogens (tertiary/aromatic N) is 2. The molecule has 1 aromatic heterocycles. The van der Waals surface area contributed by atoms with Crippen molar-refractivity contribution >= 4 is 29.0 Å². The number of rotatable bonds is 6. The number of ether oxygens (including phenoxy) is 1. The van der Waals surface area contributed by atoms with E-state index in [1.165, 1.54) is 0 Å². The molecular weight excluding hydrogens is 352 g/mol. The van der Waals surface area contributed by atoms with Crippen LogP contribution in [0.15, 0.2) is 60.7 Å². The highest BCUT2D eigenvalue weighted by Gasteiger charge is 2.09. The molecule has 132 valence electrons. The van der Waals surface area contributed by atoms with Crippen molar-refractivity contribution in [3.05, 3.63) is 76.9 Å². The van der Waals surface area contributed by atoms with E-state index in [1.54, 1.807) is 25.3 Å². The van der Waals surface area contributed by atoms with Gasteiger partial charge in [0, 0.05) is 17.3 Å². The first-order valence-electron chi connectivity index (χ1n) is 7.92. The number of halogens is 1. The molecule has 26 heavy (non-hydrogen) atoms. The summed E-state index contributed by atoms with van der Waals surface area (Å²) >= 11 is 6.08. The molecule has 0 radical (unpaired) electrons. The van der Waals surface area contributed by atoms with Crippen LogP contribution in [0.3, 0.4) is 0 Å². The molecule has 0 bridgehead atoms.